The van der Waals surface area contributed by atoms with Crippen LogP contribution in [0.4, 0.5) is 0 Å². The van der Waals surface area contributed by atoms with Gasteiger partial charge in [0.25, 0.3) is 0 Å². The minimum Gasteiger partial charge on any atom is -0.335 e. The van der Waals surface area contributed by atoms with E-state index >= 15 is 0 Å². The molecule has 2 rings (SSSR count). The van der Waals surface area contributed by atoms with Crippen molar-refractivity contribution in [2.24, 2.45) is 0 Å². The van der Waals surface area contributed by atoms with Crippen LogP contribution in [0.15, 0.2) is 15.9 Å². The first-order valence-corrected chi connectivity index (χ1v) is 7.90. The van der Waals surface area contributed by atoms with E-state index in [1.54, 1.807) is 11.3 Å². The lowest BCUT2D eigenvalue weighted by Crippen LogP contribution is -2.59. The topological polar surface area (TPSA) is 32.3 Å². The van der Waals surface area contributed by atoms with Crippen LogP contribution < -0.4 is 5.32 Å². The van der Waals surface area contributed by atoms with Crippen molar-refractivity contribution in [3.05, 3.63) is 20.8 Å². The smallest absolute Gasteiger partial charge is 0.223 e. The number of halogens is 1. The summed E-state index contributed by atoms with van der Waals surface area (Å²) in [6.45, 7) is 6.85. The summed E-state index contributed by atoms with van der Waals surface area (Å²) in [5.41, 5.74) is -0.0641. The number of carbonyl (C=O) groups excluding carboxylic acids is 1. The van der Waals surface area contributed by atoms with Crippen LogP contribution in [0, 0.1) is 0 Å². The van der Waals surface area contributed by atoms with Crippen LogP contribution in [0.25, 0.3) is 0 Å². The molecule has 0 saturated carbocycles. The monoisotopic (exact) mass is 330 g/mol. The Morgan fingerprint density at radius 3 is 3.00 bits per heavy atom. The maximum Gasteiger partial charge on any atom is 0.223 e. The summed E-state index contributed by atoms with van der Waals surface area (Å²) in [5.74, 6) is 0.269. The molecular weight excluding hydrogens is 312 g/mol. The van der Waals surface area contributed by atoms with Gasteiger partial charge < -0.3 is 10.2 Å². The number of hydrogen-bond donors (Lipinski definition) is 1. The molecule has 0 aliphatic carbocycles. The van der Waals surface area contributed by atoms with Crippen LogP contribution >= 0.6 is 27.3 Å². The van der Waals surface area contributed by atoms with E-state index in [0.717, 1.165) is 30.5 Å². The van der Waals surface area contributed by atoms with Crippen LogP contribution in [0.2, 0.25) is 0 Å². The van der Waals surface area contributed by atoms with E-state index in [4.69, 9.17) is 0 Å². The Balaban J connectivity index is 1.91. The van der Waals surface area contributed by atoms with Crippen LogP contribution in [0.3, 0.4) is 0 Å². The summed E-state index contributed by atoms with van der Waals surface area (Å²) in [6, 6.07) is 2.10. The third kappa shape index (κ3) is 3.33. The number of hydrogen-bond acceptors (Lipinski definition) is 3. The van der Waals surface area contributed by atoms with Crippen molar-refractivity contribution < 1.29 is 4.79 Å². The molecule has 1 aliphatic heterocycles. The van der Waals surface area contributed by atoms with Gasteiger partial charge in [0.2, 0.25) is 5.91 Å². The molecule has 1 N–H and O–H groups in total. The van der Waals surface area contributed by atoms with Crippen molar-refractivity contribution in [1.82, 2.24) is 10.2 Å². The number of carbonyl (C=O) groups is 1. The van der Waals surface area contributed by atoms with Crippen LogP contribution in [0.5, 0.6) is 0 Å². The molecule has 1 saturated heterocycles. The second kappa shape index (κ2) is 5.72. The molecule has 0 atom stereocenters. The first-order chi connectivity index (χ1) is 8.49. The molecule has 1 aromatic heterocycles. The van der Waals surface area contributed by atoms with Crippen molar-refractivity contribution in [3.63, 3.8) is 0 Å². The molecule has 0 unspecified atom stereocenters. The number of aryl methyl sites for hydroxylation is 1. The number of thiophene rings is 1. The summed E-state index contributed by atoms with van der Waals surface area (Å²) in [7, 11) is 0. The van der Waals surface area contributed by atoms with Crippen LogP contribution in [-0.2, 0) is 11.2 Å². The Morgan fingerprint density at radius 2 is 2.39 bits per heavy atom. The van der Waals surface area contributed by atoms with E-state index in [1.165, 1.54) is 4.88 Å². The third-order valence-electron chi connectivity index (χ3n) is 3.31. The van der Waals surface area contributed by atoms with E-state index in [2.05, 4.69) is 46.5 Å². The lowest BCUT2D eigenvalue weighted by molar-refractivity contribution is -0.137. The molecule has 1 aliphatic rings. The van der Waals surface area contributed by atoms with E-state index in [-0.39, 0.29) is 11.4 Å². The number of rotatable bonds is 3. The number of amides is 1. The fourth-order valence-corrected chi connectivity index (χ4v) is 3.75. The van der Waals surface area contributed by atoms with Gasteiger partial charge in [-0.2, -0.15) is 0 Å². The molecule has 1 amide bonds. The molecule has 100 valence electrons. The van der Waals surface area contributed by atoms with Gasteiger partial charge in [0, 0.05) is 46.3 Å². The number of piperazine rings is 1. The highest BCUT2D eigenvalue weighted by Crippen LogP contribution is 2.22. The first kappa shape index (κ1) is 14.0. The quantitative estimate of drug-likeness (QED) is 0.924. The highest BCUT2D eigenvalue weighted by molar-refractivity contribution is 9.10. The maximum atomic E-state index is 12.3. The van der Waals surface area contributed by atoms with Gasteiger partial charge in [-0.1, -0.05) is 0 Å². The van der Waals surface area contributed by atoms with Gasteiger partial charge in [0.05, 0.1) is 0 Å². The fourth-order valence-electron chi connectivity index (χ4n) is 2.30. The normalized spacial score (nSPS) is 18.9. The van der Waals surface area contributed by atoms with Crippen LogP contribution in [-0.4, -0.2) is 36.0 Å². The van der Waals surface area contributed by atoms with Gasteiger partial charge >= 0.3 is 0 Å². The summed E-state index contributed by atoms with van der Waals surface area (Å²) in [6.07, 6.45) is 1.45. The zero-order valence-corrected chi connectivity index (χ0v) is 13.2. The lowest BCUT2D eigenvalue weighted by Gasteiger charge is -2.43. The Morgan fingerprint density at radius 1 is 1.61 bits per heavy atom. The molecule has 0 aromatic carbocycles. The van der Waals surface area contributed by atoms with Crippen molar-refractivity contribution >= 4 is 33.2 Å². The second-order valence-corrected chi connectivity index (χ2v) is 7.18. The molecule has 1 fully saturated rings. The molecule has 1 aromatic rings. The number of nitrogens with one attached hydrogen (secondary N) is 1. The zero-order valence-electron chi connectivity index (χ0n) is 10.8. The Labute approximate surface area is 121 Å². The largest absolute Gasteiger partial charge is 0.335 e. The van der Waals surface area contributed by atoms with Gasteiger partial charge in [-0.3, -0.25) is 4.79 Å². The van der Waals surface area contributed by atoms with E-state index in [9.17, 15) is 4.79 Å². The second-order valence-electron chi connectivity index (χ2n) is 5.27. The van der Waals surface area contributed by atoms with Crippen molar-refractivity contribution in [1.29, 1.82) is 0 Å². The molecule has 18 heavy (non-hydrogen) atoms. The summed E-state index contributed by atoms with van der Waals surface area (Å²) < 4.78 is 1.11. The predicted molar refractivity (Wildman–Crippen MR) is 79.0 cm³/mol. The Hall–Kier alpha value is -0.390. The molecule has 0 bridgehead atoms. The van der Waals surface area contributed by atoms with E-state index in [0.29, 0.717) is 6.42 Å². The highest BCUT2D eigenvalue weighted by Gasteiger charge is 2.32. The summed E-state index contributed by atoms with van der Waals surface area (Å²) >= 11 is 5.15. The first-order valence-electron chi connectivity index (χ1n) is 6.23. The minimum atomic E-state index is -0.0641. The number of nitrogens with zero attached hydrogens (tertiary/aromatic N) is 1. The van der Waals surface area contributed by atoms with Crippen molar-refractivity contribution in [2.75, 3.05) is 19.6 Å². The zero-order chi connectivity index (χ0) is 13.2. The standard InChI is InChI=1S/C13H19BrN2OS/c1-13(2)9-15-5-6-16(13)12(17)4-3-11-7-10(14)8-18-11/h7-8,15H,3-6,9H2,1-2H3. The van der Waals surface area contributed by atoms with E-state index < -0.39 is 0 Å². The van der Waals surface area contributed by atoms with Gasteiger partial charge in [0.15, 0.2) is 0 Å². The molecular formula is C13H19BrN2OS. The fraction of sp³-hybridized carbons (Fsp3) is 0.615. The van der Waals surface area contributed by atoms with Gasteiger partial charge in [-0.05, 0) is 42.3 Å². The molecule has 0 spiro atoms. The van der Waals surface area contributed by atoms with Crippen molar-refractivity contribution in [2.45, 2.75) is 32.2 Å². The third-order valence-corrected chi connectivity index (χ3v) is 5.07. The summed E-state index contributed by atoms with van der Waals surface area (Å²) in [5, 5.41) is 5.40. The van der Waals surface area contributed by atoms with Gasteiger partial charge in [-0.15, -0.1) is 11.3 Å². The molecule has 0 radical (unpaired) electrons. The molecule has 3 nitrogen and oxygen atoms in total. The maximum absolute atomic E-state index is 12.3. The average molecular weight is 331 g/mol. The SMILES string of the molecule is CC1(C)CNCCN1C(=O)CCc1cc(Br)cs1. The van der Waals surface area contributed by atoms with Crippen LogP contribution in [0.1, 0.15) is 25.1 Å². The van der Waals surface area contributed by atoms with E-state index in [1.807, 2.05) is 4.90 Å². The molecule has 2 heterocycles. The lowest BCUT2D eigenvalue weighted by atomic mass is 9.99. The Bertz CT molecular complexity index is 430. The highest BCUT2D eigenvalue weighted by atomic mass is 79.9. The Kier molecular flexibility index (Phi) is 4.45. The molecule has 5 heteroatoms. The summed E-state index contributed by atoms with van der Waals surface area (Å²) in [4.78, 5) is 15.6. The predicted octanol–water partition coefficient (Wildman–Crippen LogP) is 2.65. The minimum absolute atomic E-state index is 0.0641. The van der Waals surface area contributed by atoms with Crippen molar-refractivity contribution in [3.8, 4) is 0 Å². The van der Waals surface area contributed by atoms with Gasteiger partial charge in [-0.25, -0.2) is 0 Å². The van der Waals surface area contributed by atoms with Gasteiger partial charge in [0.1, 0.15) is 0 Å². The average Bonchev–Trinajstić information content (AvgIpc) is 2.71.